The summed E-state index contributed by atoms with van der Waals surface area (Å²) in [7, 11) is 0. The van der Waals surface area contributed by atoms with Crippen LogP contribution in [0.4, 0.5) is 11.5 Å². The number of hydrogen-bond acceptors (Lipinski definition) is 6. The van der Waals surface area contributed by atoms with Crippen LogP contribution in [0.5, 0.6) is 0 Å². The van der Waals surface area contributed by atoms with Crippen LogP contribution in [0.3, 0.4) is 0 Å². The molecular formula is C5H4N6O2. The van der Waals surface area contributed by atoms with Gasteiger partial charge in [0.05, 0.1) is 0 Å². The van der Waals surface area contributed by atoms with E-state index in [1.165, 1.54) is 6.33 Å². The van der Waals surface area contributed by atoms with Crippen LogP contribution < -0.4 is 11.3 Å². The number of nitrogen functional groups attached to an aromatic ring is 1. The summed E-state index contributed by atoms with van der Waals surface area (Å²) in [6, 6.07) is 0. The molecule has 0 aromatic carbocycles. The van der Waals surface area contributed by atoms with Gasteiger partial charge in [-0.2, -0.15) is 9.50 Å². The standard InChI is InChI=1S/C5H4N6O2/c6-3-2(10-13)4(12)11-5(9-3)7-1-8-11/h1H,6H2,(H,7,8,9). The van der Waals surface area contributed by atoms with Gasteiger partial charge < -0.3 is 5.73 Å². The molecule has 0 aliphatic carbocycles. The lowest BCUT2D eigenvalue weighted by atomic mass is 10.5. The van der Waals surface area contributed by atoms with Gasteiger partial charge in [-0.3, -0.25) is 9.89 Å². The van der Waals surface area contributed by atoms with Gasteiger partial charge in [-0.15, -0.1) is 4.91 Å². The van der Waals surface area contributed by atoms with Crippen LogP contribution in [-0.2, 0) is 0 Å². The summed E-state index contributed by atoms with van der Waals surface area (Å²) in [5.74, 6) is -0.109. The highest BCUT2D eigenvalue weighted by Gasteiger charge is 2.11. The molecule has 0 saturated heterocycles. The van der Waals surface area contributed by atoms with Crippen molar-refractivity contribution in [2.45, 2.75) is 0 Å². The predicted octanol–water partition coefficient (Wildman–Crippen LogP) is -0.602. The minimum absolute atomic E-state index is 0.106. The third-order valence-electron chi connectivity index (χ3n) is 1.53. The van der Waals surface area contributed by atoms with Crippen molar-refractivity contribution < 1.29 is 0 Å². The third-order valence-corrected chi connectivity index (χ3v) is 1.53. The highest BCUT2D eigenvalue weighted by Crippen LogP contribution is 2.12. The number of aromatic nitrogens is 4. The molecule has 2 heterocycles. The number of H-pyrrole nitrogens is 1. The minimum atomic E-state index is -0.657. The van der Waals surface area contributed by atoms with E-state index in [1.807, 2.05) is 0 Å². The topological polar surface area (TPSA) is 118 Å². The van der Waals surface area contributed by atoms with Crippen molar-refractivity contribution in [3.63, 3.8) is 0 Å². The fourth-order valence-electron chi connectivity index (χ4n) is 0.950. The Bertz CT molecular complexity index is 525. The van der Waals surface area contributed by atoms with Crippen molar-refractivity contribution in [2.24, 2.45) is 5.18 Å². The van der Waals surface area contributed by atoms with Gasteiger partial charge >= 0.3 is 5.56 Å². The van der Waals surface area contributed by atoms with Crippen LogP contribution >= 0.6 is 0 Å². The van der Waals surface area contributed by atoms with Crippen molar-refractivity contribution in [3.05, 3.63) is 21.6 Å². The van der Waals surface area contributed by atoms with Crippen LogP contribution in [0, 0.1) is 4.91 Å². The molecule has 0 saturated carbocycles. The van der Waals surface area contributed by atoms with Gasteiger partial charge in [-0.1, -0.05) is 0 Å². The number of aromatic amines is 1. The van der Waals surface area contributed by atoms with Crippen molar-refractivity contribution in [2.75, 3.05) is 5.73 Å². The van der Waals surface area contributed by atoms with Crippen LogP contribution in [0.15, 0.2) is 16.3 Å². The van der Waals surface area contributed by atoms with Gasteiger partial charge in [0.2, 0.25) is 5.69 Å². The maximum Gasteiger partial charge on any atom is 0.305 e. The first-order valence-electron chi connectivity index (χ1n) is 3.29. The van der Waals surface area contributed by atoms with E-state index < -0.39 is 11.2 Å². The van der Waals surface area contributed by atoms with E-state index in [4.69, 9.17) is 5.73 Å². The molecule has 13 heavy (non-hydrogen) atoms. The second kappa shape index (κ2) is 2.37. The van der Waals surface area contributed by atoms with Gasteiger partial charge in [-0.05, 0) is 5.18 Å². The van der Waals surface area contributed by atoms with Gasteiger partial charge in [-0.25, -0.2) is 4.98 Å². The molecule has 0 radical (unpaired) electrons. The summed E-state index contributed by atoms with van der Waals surface area (Å²) in [5, 5.41) is 4.95. The third kappa shape index (κ3) is 0.883. The predicted molar refractivity (Wildman–Crippen MR) is 43.5 cm³/mol. The highest BCUT2D eigenvalue weighted by atomic mass is 16.3. The first-order chi connectivity index (χ1) is 6.24. The number of hydrogen-bond donors (Lipinski definition) is 2. The lowest BCUT2D eigenvalue weighted by Gasteiger charge is -1.94. The van der Waals surface area contributed by atoms with Crippen molar-refractivity contribution >= 4 is 17.3 Å². The molecule has 0 spiro atoms. The molecule has 0 amide bonds. The SMILES string of the molecule is Nc1nc2nc[nH]n2c(=O)c1N=O. The Morgan fingerprint density at radius 1 is 1.62 bits per heavy atom. The fraction of sp³-hybridized carbons (Fsp3) is 0. The molecule has 0 atom stereocenters. The zero-order valence-corrected chi connectivity index (χ0v) is 6.26. The first-order valence-corrected chi connectivity index (χ1v) is 3.29. The van der Waals surface area contributed by atoms with Crippen LogP contribution in [-0.4, -0.2) is 19.6 Å². The average Bonchev–Trinajstić information content (AvgIpc) is 2.53. The van der Waals surface area contributed by atoms with E-state index in [9.17, 15) is 9.70 Å². The Morgan fingerprint density at radius 2 is 2.38 bits per heavy atom. The molecule has 2 aromatic rings. The largest absolute Gasteiger partial charge is 0.381 e. The van der Waals surface area contributed by atoms with E-state index in [2.05, 4.69) is 20.2 Å². The van der Waals surface area contributed by atoms with Crippen LogP contribution in [0.1, 0.15) is 0 Å². The quantitative estimate of drug-likeness (QED) is 0.568. The lowest BCUT2D eigenvalue weighted by molar-refractivity contribution is 0.900. The molecule has 0 unspecified atom stereocenters. The Morgan fingerprint density at radius 3 is 3.08 bits per heavy atom. The monoisotopic (exact) mass is 180 g/mol. The number of anilines is 1. The molecule has 0 fully saturated rings. The molecule has 3 N–H and O–H groups in total. The fourth-order valence-corrected chi connectivity index (χ4v) is 0.950. The Hall–Kier alpha value is -2.25. The number of nitroso groups, excluding NO2 is 1. The summed E-state index contributed by atoms with van der Waals surface area (Å²) in [6.45, 7) is 0. The van der Waals surface area contributed by atoms with Gasteiger partial charge in [0.1, 0.15) is 6.33 Å². The maximum absolute atomic E-state index is 11.3. The summed E-state index contributed by atoms with van der Waals surface area (Å²) in [5.41, 5.74) is 4.21. The Labute approximate surface area is 70.4 Å². The highest BCUT2D eigenvalue weighted by molar-refractivity contribution is 5.58. The number of rotatable bonds is 1. The molecule has 2 rings (SSSR count). The number of fused-ring (bicyclic) bond motifs is 1. The molecule has 0 aliphatic heterocycles. The minimum Gasteiger partial charge on any atom is -0.381 e. The molecule has 8 nitrogen and oxygen atoms in total. The molecule has 8 heteroatoms. The Kier molecular flexibility index (Phi) is 1.35. The lowest BCUT2D eigenvalue weighted by Crippen LogP contribution is -2.16. The van der Waals surface area contributed by atoms with Crippen molar-refractivity contribution in [1.82, 2.24) is 19.6 Å². The number of nitrogens with two attached hydrogens (primary N) is 1. The summed E-state index contributed by atoms with van der Waals surface area (Å²) in [6.07, 6.45) is 1.26. The van der Waals surface area contributed by atoms with Gasteiger partial charge in [0, 0.05) is 0 Å². The number of nitrogens with zero attached hydrogens (tertiary/aromatic N) is 4. The van der Waals surface area contributed by atoms with E-state index in [1.54, 1.807) is 0 Å². The molecule has 0 aliphatic rings. The van der Waals surface area contributed by atoms with E-state index in [0.29, 0.717) is 0 Å². The van der Waals surface area contributed by atoms with Crippen molar-refractivity contribution in [3.8, 4) is 0 Å². The number of nitrogens with one attached hydrogen (secondary N) is 1. The summed E-state index contributed by atoms with van der Waals surface area (Å²) >= 11 is 0. The van der Waals surface area contributed by atoms with Crippen LogP contribution in [0.25, 0.3) is 5.78 Å². The zero-order valence-electron chi connectivity index (χ0n) is 6.26. The van der Waals surface area contributed by atoms with E-state index in [-0.39, 0.29) is 11.6 Å². The summed E-state index contributed by atoms with van der Waals surface area (Å²) in [4.78, 5) is 28.9. The van der Waals surface area contributed by atoms with Crippen molar-refractivity contribution in [1.29, 1.82) is 0 Å². The van der Waals surface area contributed by atoms with E-state index >= 15 is 0 Å². The summed E-state index contributed by atoms with van der Waals surface area (Å²) < 4.78 is 0.979. The molecular weight excluding hydrogens is 176 g/mol. The zero-order chi connectivity index (χ0) is 9.42. The van der Waals surface area contributed by atoms with Gasteiger partial charge in [0.15, 0.2) is 5.82 Å². The second-order valence-corrected chi connectivity index (χ2v) is 2.26. The van der Waals surface area contributed by atoms with E-state index in [0.717, 1.165) is 4.52 Å². The van der Waals surface area contributed by atoms with Gasteiger partial charge in [0.25, 0.3) is 5.78 Å². The maximum atomic E-state index is 11.3. The molecule has 2 aromatic heterocycles. The average molecular weight is 180 g/mol. The Balaban J connectivity index is 3.01. The first kappa shape index (κ1) is 7.40. The van der Waals surface area contributed by atoms with Crippen LogP contribution in [0.2, 0.25) is 0 Å². The smallest absolute Gasteiger partial charge is 0.305 e. The normalized spacial score (nSPS) is 10.5. The second-order valence-electron chi connectivity index (χ2n) is 2.26. The molecule has 66 valence electrons. The molecule has 0 bridgehead atoms.